The van der Waals surface area contributed by atoms with Crippen molar-refractivity contribution in [2.75, 3.05) is 6.61 Å². The molecule has 0 amide bonds. The zero-order chi connectivity index (χ0) is 15.3. The van der Waals surface area contributed by atoms with Gasteiger partial charge in [-0.25, -0.2) is 0 Å². The number of rotatable bonds is 6. The summed E-state index contributed by atoms with van der Waals surface area (Å²) in [5, 5.41) is 0. The molecular weight excluding hydrogens is 328 g/mol. The summed E-state index contributed by atoms with van der Waals surface area (Å²) in [5.74, 6) is 6.61. The van der Waals surface area contributed by atoms with Crippen molar-refractivity contribution < 1.29 is 4.74 Å². The van der Waals surface area contributed by atoms with E-state index in [0.29, 0.717) is 5.92 Å². The summed E-state index contributed by atoms with van der Waals surface area (Å²) in [4.78, 5) is 0. The zero-order valence-electron chi connectivity index (χ0n) is 13.1. The topological polar surface area (TPSA) is 47.3 Å². The molecule has 3 atom stereocenters. The van der Waals surface area contributed by atoms with Gasteiger partial charge in [0.2, 0.25) is 0 Å². The van der Waals surface area contributed by atoms with Crippen LogP contribution >= 0.6 is 15.9 Å². The van der Waals surface area contributed by atoms with Gasteiger partial charge in [-0.3, -0.25) is 11.3 Å². The van der Waals surface area contributed by atoms with Gasteiger partial charge in [0.15, 0.2) is 0 Å². The van der Waals surface area contributed by atoms with E-state index in [2.05, 4.69) is 53.4 Å². The highest BCUT2D eigenvalue weighted by Crippen LogP contribution is 2.39. The lowest BCUT2D eigenvalue weighted by Crippen LogP contribution is -2.58. The van der Waals surface area contributed by atoms with Gasteiger partial charge in [0.25, 0.3) is 0 Å². The van der Waals surface area contributed by atoms with Gasteiger partial charge in [-0.05, 0) is 43.7 Å². The predicted molar refractivity (Wildman–Crippen MR) is 90.9 cm³/mol. The monoisotopic (exact) mass is 354 g/mol. The van der Waals surface area contributed by atoms with E-state index in [9.17, 15) is 0 Å². The van der Waals surface area contributed by atoms with Crippen LogP contribution in [0, 0.1) is 5.92 Å². The van der Waals surface area contributed by atoms with Crippen molar-refractivity contribution in [2.45, 2.75) is 57.6 Å². The standard InChI is InChI=1S/C17H27BrN2O/c1-3-21-17(10-6-7-13(2)12-17)16(20-19)11-14-8-4-5-9-15(14)18/h4-5,8-9,13,16,20H,3,6-7,10-12,19H2,1-2H3. The largest absolute Gasteiger partial charge is 0.374 e. The molecular formula is C17H27BrN2O. The van der Waals surface area contributed by atoms with E-state index in [1.54, 1.807) is 0 Å². The van der Waals surface area contributed by atoms with Crippen molar-refractivity contribution in [1.29, 1.82) is 0 Å². The van der Waals surface area contributed by atoms with Crippen LogP contribution in [0.3, 0.4) is 0 Å². The quantitative estimate of drug-likeness (QED) is 0.603. The molecule has 0 saturated heterocycles. The number of hydrazine groups is 1. The molecule has 21 heavy (non-hydrogen) atoms. The highest BCUT2D eigenvalue weighted by atomic mass is 79.9. The molecule has 1 aliphatic carbocycles. The summed E-state index contributed by atoms with van der Waals surface area (Å²) >= 11 is 3.64. The molecule has 3 unspecified atom stereocenters. The third kappa shape index (κ3) is 4.07. The summed E-state index contributed by atoms with van der Waals surface area (Å²) in [6, 6.07) is 8.49. The summed E-state index contributed by atoms with van der Waals surface area (Å²) in [7, 11) is 0. The molecule has 0 heterocycles. The SMILES string of the molecule is CCOC1(C(Cc2ccccc2Br)NN)CCCC(C)C1. The van der Waals surface area contributed by atoms with Crippen LogP contribution in [0.2, 0.25) is 0 Å². The number of nitrogens with one attached hydrogen (secondary N) is 1. The van der Waals surface area contributed by atoms with E-state index >= 15 is 0 Å². The first-order chi connectivity index (χ1) is 10.1. The number of benzene rings is 1. The van der Waals surface area contributed by atoms with Gasteiger partial charge in [0, 0.05) is 11.1 Å². The smallest absolute Gasteiger partial charge is 0.0853 e. The van der Waals surface area contributed by atoms with E-state index in [0.717, 1.165) is 30.3 Å². The van der Waals surface area contributed by atoms with E-state index in [1.165, 1.54) is 18.4 Å². The Morgan fingerprint density at radius 1 is 1.48 bits per heavy atom. The lowest BCUT2D eigenvalue weighted by molar-refractivity contribution is -0.100. The Labute approximate surface area is 136 Å². The van der Waals surface area contributed by atoms with Gasteiger partial charge in [-0.2, -0.15) is 0 Å². The van der Waals surface area contributed by atoms with Crippen molar-refractivity contribution in [1.82, 2.24) is 5.43 Å². The maximum atomic E-state index is 6.25. The van der Waals surface area contributed by atoms with Crippen molar-refractivity contribution in [3.05, 3.63) is 34.3 Å². The van der Waals surface area contributed by atoms with Gasteiger partial charge in [-0.15, -0.1) is 0 Å². The fourth-order valence-corrected chi connectivity index (χ4v) is 4.11. The summed E-state index contributed by atoms with van der Waals surface area (Å²) in [6.07, 6.45) is 5.56. The second-order valence-corrected chi connectivity index (χ2v) is 7.07. The normalized spacial score (nSPS) is 27.5. The Morgan fingerprint density at radius 2 is 2.24 bits per heavy atom. The minimum atomic E-state index is -0.142. The molecule has 1 aromatic rings. The van der Waals surface area contributed by atoms with Gasteiger partial charge in [0.05, 0.1) is 11.6 Å². The average Bonchev–Trinajstić information content (AvgIpc) is 2.46. The maximum Gasteiger partial charge on any atom is 0.0853 e. The highest BCUT2D eigenvalue weighted by Gasteiger charge is 2.42. The van der Waals surface area contributed by atoms with E-state index in [-0.39, 0.29) is 11.6 Å². The Hall–Kier alpha value is -0.420. The average molecular weight is 355 g/mol. The van der Waals surface area contributed by atoms with Crippen LogP contribution < -0.4 is 11.3 Å². The van der Waals surface area contributed by atoms with Crippen molar-refractivity contribution >= 4 is 15.9 Å². The second-order valence-electron chi connectivity index (χ2n) is 6.21. The van der Waals surface area contributed by atoms with Gasteiger partial charge in [-0.1, -0.05) is 53.9 Å². The molecule has 3 nitrogen and oxygen atoms in total. The third-order valence-corrected chi connectivity index (χ3v) is 5.41. The number of hydrogen-bond acceptors (Lipinski definition) is 3. The van der Waals surface area contributed by atoms with E-state index in [1.807, 2.05) is 6.07 Å². The number of nitrogens with two attached hydrogens (primary N) is 1. The number of hydrogen-bond donors (Lipinski definition) is 2. The third-order valence-electron chi connectivity index (χ3n) is 4.64. The van der Waals surface area contributed by atoms with E-state index in [4.69, 9.17) is 10.6 Å². The van der Waals surface area contributed by atoms with Crippen molar-refractivity contribution in [3.8, 4) is 0 Å². The highest BCUT2D eigenvalue weighted by molar-refractivity contribution is 9.10. The first-order valence-electron chi connectivity index (χ1n) is 7.95. The van der Waals surface area contributed by atoms with Gasteiger partial charge in [0.1, 0.15) is 0 Å². The Morgan fingerprint density at radius 3 is 2.86 bits per heavy atom. The number of halogens is 1. The molecule has 0 radical (unpaired) electrons. The molecule has 1 aliphatic rings. The van der Waals surface area contributed by atoms with Crippen molar-refractivity contribution in [2.24, 2.45) is 11.8 Å². The fraction of sp³-hybridized carbons (Fsp3) is 0.647. The lowest BCUT2D eigenvalue weighted by atomic mass is 9.73. The van der Waals surface area contributed by atoms with Crippen molar-refractivity contribution in [3.63, 3.8) is 0 Å². The van der Waals surface area contributed by atoms with Crippen LogP contribution in [0.25, 0.3) is 0 Å². The molecule has 1 fully saturated rings. The van der Waals surface area contributed by atoms with Crippen LogP contribution in [-0.4, -0.2) is 18.2 Å². The minimum absolute atomic E-state index is 0.138. The zero-order valence-corrected chi connectivity index (χ0v) is 14.7. The van der Waals surface area contributed by atoms with Gasteiger partial charge < -0.3 is 4.74 Å². The second kappa shape index (κ2) is 7.73. The molecule has 0 spiro atoms. The van der Waals surface area contributed by atoms with Crippen LogP contribution in [0.15, 0.2) is 28.7 Å². The summed E-state index contributed by atoms with van der Waals surface area (Å²) in [5.41, 5.74) is 4.18. The van der Waals surface area contributed by atoms with Crippen LogP contribution in [0.5, 0.6) is 0 Å². The first kappa shape index (κ1) is 16.9. The first-order valence-corrected chi connectivity index (χ1v) is 8.74. The minimum Gasteiger partial charge on any atom is -0.374 e. The molecule has 4 heteroatoms. The van der Waals surface area contributed by atoms with Crippen LogP contribution in [0.1, 0.15) is 45.1 Å². The molecule has 1 saturated carbocycles. The maximum absolute atomic E-state index is 6.25. The van der Waals surface area contributed by atoms with E-state index < -0.39 is 0 Å². The molecule has 1 aromatic carbocycles. The molecule has 118 valence electrons. The lowest BCUT2D eigenvalue weighted by Gasteiger charge is -2.45. The Bertz CT molecular complexity index is 450. The Balaban J connectivity index is 2.21. The van der Waals surface area contributed by atoms with Crippen LogP contribution in [-0.2, 0) is 11.2 Å². The summed E-state index contributed by atoms with van der Waals surface area (Å²) in [6.45, 7) is 5.13. The molecule has 0 aromatic heterocycles. The predicted octanol–water partition coefficient (Wildman–Crippen LogP) is 3.81. The molecule has 3 N–H and O–H groups in total. The van der Waals surface area contributed by atoms with Crippen LogP contribution in [0.4, 0.5) is 0 Å². The molecule has 0 bridgehead atoms. The molecule has 2 rings (SSSR count). The number of ether oxygens (including phenoxy) is 1. The Kier molecular flexibility index (Phi) is 6.23. The van der Waals surface area contributed by atoms with Gasteiger partial charge >= 0.3 is 0 Å². The fourth-order valence-electron chi connectivity index (χ4n) is 3.66. The summed E-state index contributed by atoms with van der Waals surface area (Å²) < 4.78 is 7.39. The molecule has 0 aliphatic heterocycles.